The minimum Gasteiger partial charge on any atom is -0.493 e. The molecule has 1 heterocycles. The average molecular weight is 368 g/mol. The summed E-state index contributed by atoms with van der Waals surface area (Å²) in [6, 6.07) is 11.8. The molecule has 0 saturated carbocycles. The van der Waals surface area contributed by atoms with E-state index in [1.165, 1.54) is 5.56 Å². The minimum absolute atomic E-state index is 0.413. The Morgan fingerprint density at radius 2 is 1.85 bits per heavy atom. The number of benzene rings is 2. The zero-order valence-electron chi connectivity index (χ0n) is 15.1. The molecule has 6 nitrogen and oxygen atoms in total. The van der Waals surface area contributed by atoms with Gasteiger partial charge in [0.05, 0.1) is 20.4 Å². The van der Waals surface area contributed by atoms with E-state index >= 15 is 0 Å². The molecule has 7 heteroatoms. The van der Waals surface area contributed by atoms with Crippen LogP contribution < -0.4 is 9.47 Å². The summed E-state index contributed by atoms with van der Waals surface area (Å²) in [6.07, 6.45) is 1.78. The topological polar surface area (TPSA) is 64.4 Å². The standard InChI is InChI=1S/C19H20N4O2S/c1-12-5-6-15(13(2)9-12)11-20-23-18(21-22-19(23)26)14-7-8-16(24-3)17(10-14)25-4/h5-11H,1-4H3,(H,22,26)/b20-11-. The van der Waals surface area contributed by atoms with Crippen molar-refractivity contribution in [3.05, 3.63) is 57.9 Å². The van der Waals surface area contributed by atoms with Gasteiger partial charge < -0.3 is 9.47 Å². The first-order valence-corrected chi connectivity index (χ1v) is 8.45. The van der Waals surface area contributed by atoms with Crippen LogP contribution in [0.4, 0.5) is 0 Å². The predicted molar refractivity (Wildman–Crippen MR) is 105 cm³/mol. The van der Waals surface area contributed by atoms with Crippen LogP contribution in [0.3, 0.4) is 0 Å². The van der Waals surface area contributed by atoms with E-state index in [-0.39, 0.29) is 0 Å². The third kappa shape index (κ3) is 3.52. The van der Waals surface area contributed by atoms with Gasteiger partial charge in [-0.3, -0.25) is 0 Å². The van der Waals surface area contributed by atoms with Gasteiger partial charge in [-0.05, 0) is 55.4 Å². The number of aromatic nitrogens is 3. The Morgan fingerprint density at radius 1 is 1.08 bits per heavy atom. The van der Waals surface area contributed by atoms with E-state index in [9.17, 15) is 0 Å². The second-order valence-electron chi connectivity index (χ2n) is 5.84. The number of nitrogens with one attached hydrogen (secondary N) is 1. The Labute approximate surface area is 157 Å². The Balaban J connectivity index is 2.02. The summed E-state index contributed by atoms with van der Waals surface area (Å²) in [7, 11) is 3.19. The molecule has 3 aromatic rings. The SMILES string of the molecule is COc1ccc(-c2n[nH]c(=S)n2/N=C\c2ccc(C)cc2C)cc1OC. The Kier molecular flexibility index (Phi) is 5.18. The highest BCUT2D eigenvalue weighted by Gasteiger charge is 2.12. The fourth-order valence-electron chi connectivity index (χ4n) is 2.65. The van der Waals surface area contributed by atoms with Gasteiger partial charge in [0.2, 0.25) is 4.77 Å². The lowest BCUT2D eigenvalue weighted by atomic mass is 10.1. The molecule has 0 saturated heterocycles. The maximum atomic E-state index is 5.36. The number of ether oxygens (including phenoxy) is 2. The summed E-state index contributed by atoms with van der Waals surface area (Å²) in [5, 5.41) is 11.6. The molecule has 0 aliphatic carbocycles. The van der Waals surface area contributed by atoms with E-state index < -0.39 is 0 Å². The summed E-state index contributed by atoms with van der Waals surface area (Å²) in [5.41, 5.74) is 4.20. The summed E-state index contributed by atoms with van der Waals surface area (Å²) in [4.78, 5) is 0. The minimum atomic E-state index is 0.413. The number of aryl methyl sites for hydroxylation is 2. The van der Waals surface area contributed by atoms with Crippen LogP contribution in [0.2, 0.25) is 0 Å². The van der Waals surface area contributed by atoms with Crippen molar-refractivity contribution in [2.75, 3.05) is 14.2 Å². The molecule has 0 bridgehead atoms. The first kappa shape index (κ1) is 17.9. The number of rotatable bonds is 5. The van der Waals surface area contributed by atoms with E-state index in [1.807, 2.05) is 24.3 Å². The predicted octanol–water partition coefficient (Wildman–Crippen LogP) is 4.12. The number of hydrogen-bond donors (Lipinski definition) is 1. The molecule has 0 unspecified atom stereocenters. The molecule has 0 aliphatic rings. The highest BCUT2D eigenvalue weighted by Crippen LogP contribution is 2.31. The van der Waals surface area contributed by atoms with Gasteiger partial charge in [0.1, 0.15) is 0 Å². The lowest BCUT2D eigenvalue weighted by Gasteiger charge is -2.09. The molecule has 0 fully saturated rings. The van der Waals surface area contributed by atoms with Crippen molar-refractivity contribution in [3.8, 4) is 22.9 Å². The second-order valence-corrected chi connectivity index (χ2v) is 6.23. The van der Waals surface area contributed by atoms with Crippen LogP contribution in [-0.4, -0.2) is 35.3 Å². The fraction of sp³-hybridized carbons (Fsp3) is 0.211. The number of H-pyrrole nitrogens is 1. The van der Waals surface area contributed by atoms with Crippen LogP contribution in [0.15, 0.2) is 41.5 Å². The van der Waals surface area contributed by atoms with Crippen molar-refractivity contribution in [2.45, 2.75) is 13.8 Å². The average Bonchev–Trinajstić information content (AvgIpc) is 3.01. The largest absolute Gasteiger partial charge is 0.493 e. The Hall–Kier alpha value is -2.93. The van der Waals surface area contributed by atoms with Crippen LogP contribution in [0.25, 0.3) is 11.4 Å². The maximum absolute atomic E-state index is 5.36. The summed E-state index contributed by atoms with van der Waals surface area (Å²) < 4.78 is 12.7. The van der Waals surface area contributed by atoms with Crippen molar-refractivity contribution in [1.29, 1.82) is 0 Å². The molecule has 2 aromatic carbocycles. The van der Waals surface area contributed by atoms with Crippen LogP contribution in [-0.2, 0) is 0 Å². The fourth-order valence-corrected chi connectivity index (χ4v) is 2.83. The summed E-state index contributed by atoms with van der Waals surface area (Å²) in [6.45, 7) is 4.12. The van der Waals surface area contributed by atoms with E-state index in [0.717, 1.165) is 16.7 Å². The smallest absolute Gasteiger partial charge is 0.216 e. The van der Waals surface area contributed by atoms with Gasteiger partial charge in [0, 0.05) is 5.56 Å². The molecule has 134 valence electrons. The van der Waals surface area contributed by atoms with E-state index in [0.29, 0.717) is 22.1 Å². The zero-order chi connectivity index (χ0) is 18.7. The van der Waals surface area contributed by atoms with E-state index in [2.05, 4.69) is 41.3 Å². The van der Waals surface area contributed by atoms with Crippen molar-refractivity contribution in [1.82, 2.24) is 14.9 Å². The third-order valence-corrected chi connectivity index (χ3v) is 4.29. The van der Waals surface area contributed by atoms with Crippen LogP contribution in [0.1, 0.15) is 16.7 Å². The lowest BCUT2D eigenvalue weighted by Crippen LogP contribution is -1.97. The molecule has 0 atom stereocenters. The number of methoxy groups -OCH3 is 2. The number of nitrogens with zero attached hydrogens (tertiary/aromatic N) is 3. The monoisotopic (exact) mass is 368 g/mol. The molecule has 0 spiro atoms. The molecular formula is C19H20N4O2S. The summed E-state index contributed by atoms with van der Waals surface area (Å²) >= 11 is 5.33. The Morgan fingerprint density at radius 3 is 2.54 bits per heavy atom. The maximum Gasteiger partial charge on any atom is 0.216 e. The van der Waals surface area contributed by atoms with Crippen molar-refractivity contribution in [2.24, 2.45) is 5.10 Å². The normalized spacial score (nSPS) is 11.1. The number of aromatic amines is 1. The van der Waals surface area contributed by atoms with Crippen molar-refractivity contribution >= 4 is 18.4 Å². The lowest BCUT2D eigenvalue weighted by molar-refractivity contribution is 0.355. The first-order valence-electron chi connectivity index (χ1n) is 8.05. The van der Waals surface area contributed by atoms with Crippen LogP contribution in [0, 0.1) is 18.6 Å². The highest BCUT2D eigenvalue weighted by molar-refractivity contribution is 7.71. The Bertz CT molecular complexity index is 1020. The quantitative estimate of drug-likeness (QED) is 0.543. The molecule has 26 heavy (non-hydrogen) atoms. The van der Waals surface area contributed by atoms with Gasteiger partial charge >= 0.3 is 0 Å². The molecule has 1 N–H and O–H groups in total. The highest BCUT2D eigenvalue weighted by atomic mass is 32.1. The van der Waals surface area contributed by atoms with Crippen LogP contribution in [0.5, 0.6) is 11.5 Å². The van der Waals surface area contributed by atoms with Gasteiger partial charge in [-0.15, -0.1) is 0 Å². The van der Waals surface area contributed by atoms with E-state index in [1.54, 1.807) is 25.1 Å². The van der Waals surface area contributed by atoms with Crippen molar-refractivity contribution < 1.29 is 9.47 Å². The first-order chi connectivity index (χ1) is 12.5. The van der Waals surface area contributed by atoms with Crippen molar-refractivity contribution in [3.63, 3.8) is 0 Å². The van der Waals surface area contributed by atoms with Gasteiger partial charge in [-0.2, -0.15) is 14.9 Å². The molecule has 0 radical (unpaired) electrons. The molecule has 3 rings (SSSR count). The van der Waals surface area contributed by atoms with Gasteiger partial charge in [-0.1, -0.05) is 23.8 Å². The van der Waals surface area contributed by atoms with Gasteiger partial charge in [0.15, 0.2) is 17.3 Å². The van der Waals surface area contributed by atoms with E-state index in [4.69, 9.17) is 21.7 Å². The molecule has 1 aromatic heterocycles. The zero-order valence-corrected chi connectivity index (χ0v) is 15.9. The van der Waals surface area contributed by atoms with Gasteiger partial charge in [0.25, 0.3) is 0 Å². The third-order valence-electron chi connectivity index (χ3n) is 4.03. The molecule has 0 aliphatic heterocycles. The number of hydrogen-bond acceptors (Lipinski definition) is 5. The molecular weight excluding hydrogens is 348 g/mol. The second kappa shape index (κ2) is 7.53. The molecule has 0 amide bonds. The van der Waals surface area contributed by atoms with Gasteiger partial charge in [-0.25, -0.2) is 5.10 Å². The van der Waals surface area contributed by atoms with Crippen LogP contribution >= 0.6 is 12.2 Å². The summed E-state index contributed by atoms with van der Waals surface area (Å²) in [5.74, 6) is 1.86.